The van der Waals surface area contributed by atoms with Crippen LogP contribution < -0.4 is 9.64 Å². The number of hydrogen-bond acceptors (Lipinski definition) is 5. The quantitative estimate of drug-likeness (QED) is 0.367. The molecule has 26 heavy (non-hydrogen) atoms. The van der Waals surface area contributed by atoms with Crippen LogP contribution in [0, 0.1) is 11.8 Å². The number of furan rings is 1. The van der Waals surface area contributed by atoms with Crippen LogP contribution in [0.1, 0.15) is 30.3 Å². The van der Waals surface area contributed by atoms with E-state index in [-0.39, 0.29) is 29.4 Å². The zero-order chi connectivity index (χ0) is 18.3. The van der Waals surface area contributed by atoms with E-state index in [9.17, 15) is 14.4 Å². The van der Waals surface area contributed by atoms with Gasteiger partial charge in [0, 0.05) is 0 Å². The van der Waals surface area contributed by atoms with Gasteiger partial charge in [-0.3, -0.25) is 14.5 Å². The predicted molar refractivity (Wildman–Crippen MR) is 92.6 cm³/mol. The zero-order valence-electron chi connectivity index (χ0n) is 14.2. The second kappa shape index (κ2) is 6.29. The van der Waals surface area contributed by atoms with Crippen LogP contribution in [-0.2, 0) is 9.59 Å². The molecule has 1 aromatic heterocycles. The van der Waals surface area contributed by atoms with E-state index in [2.05, 4.69) is 0 Å². The second-order valence-electron chi connectivity index (χ2n) is 6.58. The lowest BCUT2D eigenvalue weighted by Crippen LogP contribution is -2.30. The lowest BCUT2D eigenvalue weighted by atomic mass is 9.82. The summed E-state index contributed by atoms with van der Waals surface area (Å²) in [4.78, 5) is 38.5. The molecule has 2 heterocycles. The fraction of sp³-hybridized carbons (Fsp3) is 0.250. The average molecular weight is 351 g/mol. The van der Waals surface area contributed by atoms with Gasteiger partial charge in [0.1, 0.15) is 5.75 Å². The minimum Gasteiger partial charge on any atom is -0.457 e. The average Bonchev–Trinajstić information content (AvgIpc) is 3.24. The maximum atomic E-state index is 12.7. The number of carbonyl (C=O) groups excluding carboxylic acids is 3. The largest absolute Gasteiger partial charge is 0.457 e. The van der Waals surface area contributed by atoms with Gasteiger partial charge in [0.2, 0.25) is 17.6 Å². The number of carbonyl (C=O) groups is 3. The predicted octanol–water partition coefficient (Wildman–Crippen LogP) is 3.34. The van der Waals surface area contributed by atoms with Crippen molar-refractivity contribution in [1.82, 2.24) is 0 Å². The molecule has 0 N–H and O–H groups in total. The van der Waals surface area contributed by atoms with Gasteiger partial charge in [-0.2, -0.15) is 0 Å². The molecule has 1 aliphatic carbocycles. The maximum absolute atomic E-state index is 12.7. The van der Waals surface area contributed by atoms with E-state index < -0.39 is 5.97 Å². The van der Waals surface area contributed by atoms with Gasteiger partial charge in [-0.05, 0) is 56.2 Å². The Morgan fingerprint density at radius 1 is 1.12 bits per heavy atom. The van der Waals surface area contributed by atoms with Crippen LogP contribution in [0.25, 0.3) is 0 Å². The molecule has 2 aromatic rings. The van der Waals surface area contributed by atoms with E-state index in [0.717, 1.165) is 5.57 Å². The third-order valence-electron chi connectivity index (χ3n) is 4.85. The Morgan fingerprint density at radius 3 is 2.54 bits per heavy atom. The van der Waals surface area contributed by atoms with Crippen LogP contribution in [-0.4, -0.2) is 17.8 Å². The van der Waals surface area contributed by atoms with Crippen LogP contribution >= 0.6 is 0 Å². The van der Waals surface area contributed by atoms with Gasteiger partial charge in [0.05, 0.1) is 23.8 Å². The molecular weight excluding hydrogens is 334 g/mol. The van der Waals surface area contributed by atoms with E-state index in [0.29, 0.717) is 24.3 Å². The smallest absolute Gasteiger partial charge is 0.379 e. The summed E-state index contributed by atoms with van der Waals surface area (Å²) >= 11 is 0. The Hall–Kier alpha value is -3.15. The Morgan fingerprint density at radius 2 is 1.85 bits per heavy atom. The first-order valence-electron chi connectivity index (χ1n) is 8.44. The van der Waals surface area contributed by atoms with Crippen molar-refractivity contribution in [3.05, 3.63) is 60.1 Å². The summed E-state index contributed by atoms with van der Waals surface area (Å²) < 4.78 is 10.2. The van der Waals surface area contributed by atoms with E-state index in [1.807, 2.05) is 13.0 Å². The van der Waals surface area contributed by atoms with Crippen molar-refractivity contribution >= 4 is 23.5 Å². The fourth-order valence-electron chi connectivity index (χ4n) is 3.51. The summed E-state index contributed by atoms with van der Waals surface area (Å²) in [7, 11) is 0. The number of benzene rings is 1. The number of hydrogen-bond donors (Lipinski definition) is 0. The van der Waals surface area contributed by atoms with Gasteiger partial charge in [0.15, 0.2) is 0 Å². The molecule has 1 aliphatic heterocycles. The first-order valence-corrected chi connectivity index (χ1v) is 8.44. The van der Waals surface area contributed by atoms with Gasteiger partial charge >= 0.3 is 5.97 Å². The number of rotatable bonds is 3. The van der Waals surface area contributed by atoms with Crippen molar-refractivity contribution < 1.29 is 23.5 Å². The Balaban J connectivity index is 1.51. The van der Waals surface area contributed by atoms with Crippen LogP contribution in [0.4, 0.5) is 5.69 Å². The summed E-state index contributed by atoms with van der Waals surface area (Å²) in [5.41, 5.74) is 1.64. The molecular formula is C20H17NO5. The van der Waals surface area contributed by atoms with Gasteiger partial charge in [-0.1, -0.05) is 11.6 Å². The van der Waals surface area contributed by atoms with Crippen LogP contribution in [0.3, 0.4) is 0 Å². The summed E-state index contributed by atoms with van der Waals surface area (Å²) in [6, 6.07) is 9.44. The first kappa shape index (κ1) is 16.3. The standard InChI is InChI=1S/C20H17NO5/c1-12-4-9-15-16(11-12)19(23)21(18(15)22)13-5-7-14(8-6-13)26-20(24)17-3-2-10-25-17/h2-8,10,15-16H,9,11H2,1H3/t15-,16+/m0/s1. The molecule has 6 nitrogen and oxygen atoms in total. The molecule has 6 heteroatoms. The van der Waals surface area contributed by atoms with Gasteiger partial charge < -0.3 is 9.15 Å². The third-order valence-corrected chi connectivity index (χ3v) is 4.85. The number of esters is 1. The zero-order valence-corrected chi connectivity index (χ0v) is 14.2. The molecule has 2 amide bonds. The number of anilines is 1. The number of allylic oxidation sites excluding steroid dienone is 2. The normalized spacial score (nSPS) is 22.2. The molecule has 0 spiro atoms. The molecule has 2 atom stereocenters. The van der Waals surface area contributed by atoms with Gasteiger partial charge in [0.25, 0.3) is 0 Å². The monoisotopic (exact) mass is 351 g/mol. The molecule has 132 valence electrons. The van der Waals surface area contributed by atoms with Crippen molar-refractivity contribution in [2.75, 3.05) is 4.90 Å². The molecule has 1 aromatic carbocycles. The van der Waals surface area contributed by atoms with Crippen LogP contribution in [0.15, 0.2) is 58.7 Å². The highest BCUT2D eigenvalue weighted by molar-refractivity contribution is 6.22. The van der Waals surface area contributed by atoms with Crippen molar-refractivity contribution in [1.29, 1.82) is 0 Å². The lowest BCUT2D eigenvalue weighted by Gasteiger charge is -2.18. The third kappa shape index (κ3) is 2.73. The number of ether oxygens (including phenoxy) is 1. The Labute approximate surface area is 150 Å². The lowest BCUT2D eigenvalue weighted by molar-refractivity contribution is -0.122. The summed E-state index contributed by atoms with van der Waals surface area (Å²) in [6.07, 6.45) is 4.66. The molecule has 0 radical (unpaired) electrons. The van der Waals surface area contributed by atoms with E-state index in [1.54, 1.807) is 30.3 Å². The van der Waals surface area contributed by atoms with E-state index in [4.69, 9.17) is 9.15 Å². The summed E-state index contributed by atoms with van der Waals surface area (Å²) in [5.74, 6) is -1.07. The van der Waals surface area contributed by atoms with Crippen molar-refractivity contribution in [2.45, 2.75) is 19.8 Å². The highest BCUT2D eigenvalue weighted by atomic mass is 16.5. The SMILES string of the molecule is CC1=CC[C@@H]2C(=O)N(c3ccc(OC(=O)c4ccco4)cc3)C(=O)[C@@H]2C1. The maximum Gasteiger partial charge on any atom is 0.379 e. The van der Waals surface area contributed by atoms with Gasteiger partial charge in [-0.15, -0.1) is 0 Å². The van der Waals surface area contributed by atoms with Crippen molar-refractivity contribution in [3.8, 4) is 5.75 Å². The number of amides is 2. The molecule has 0 bridgehead atoms. The fourth-order valence-corrected chi connectivity index (χ4v) is 3.51. The van der Waals surface area contributed by atoms with Gasteiger partial charge in [-0.25, -0.2) is 4.79 Å². The number of fused-ring (bicyclic) bond motifs is 1. The summed E-state index contributed by atoms with van der Waals surface area (Å²) in [5, 5.41) is 0. The Kier molecular flexibility index (Phi) is 3.95. The molecule has 4 rings (SSSR count). The molecule has 1 saturated heterocycles. The minimum atomic E-state index is -0.608. The molecule has 0 saturated carbocycles. The molecule has 0 unspecified atom stereocenters. The minimum absolute atomic E-state index is 0.103. The molecule has 1 fully saturated rings. The summed E-state index contributed by atoms with van der Waals surface area (Å²) in [6.45, 7) is 1.98. The number of imide groups is 1. The van der Waals surface area contributed by atoms with Crippen LogP contribution in [0.2, 0.25) is 0 Å². The van der Waals surface area contributed by atoms with Crippen molar-refractivity contribution in [2.24, 2.45) is 11.8 Å². The highest BCUT2D eigenvalue weighted by Gasteiger charge is 2.48. The highest BCUT2D eigenvalue weighted by Crippen LogP contribution is 2.39. The van der Waals surface area contributed by atoms with Crippen LogP contribution in [0.5, 0.6) is 5.75 Å². The van der Waals surface area contributed by atoms with Crippen molar-refractivity contribution in [3.63, 3.8) is 0 Å². The van der Waals surface area contributed by atoms with E-state index >= 15 is 0 Å². The van der Waals surface area contributed by atoms with E-state index in [1.165, 1.54) is 17.2 Å². The second-order valence-corrected chi connectivity index (χ2v) is 6.58. The topological polar surface area (TPSA) is 76.8 Å². The Bertz CT molecular complexity index is 895. The first-order chi connectivity index (χ1) is 12.5. The molecule has 2 aliphatic rings. The number of nitrogens with zero attached hydrogens (tertiary/aromatic N) is 1.